The van der Waals surface area contributed by atoms with E-state index in [4.69, 9.17) is 11.6 Å². The van der Waals surface area contributed by atoms with Crippen LogP contribution in [0, 0.1) is 0 Å². The van der Waals surface area contributed by atoms with Crippen LogP contribution in [0.4, 0.5) is 13.2 Å². The van der Waals surface area contributed by atoms with Crippen LogP contribution in [0.5, 0.6) is 0 Å². The predicted molar refractivity (Wildman–Crippen MR) is 91.1 cm³/mol. The molecule has 4 nitrogen and oxygen atoms in total. The van der Waals surface area contributed by atoms with Gasteiger partial charge in [0.2, 0.25) is 0 Å². The summed E-state index contributed by atoms with van der Waals surface area (Å²) in [6.07, 6.45) is -1.71. The van der Waals surface area contributed by atoms with Gasteiger partial charge in [-0.1, -0.05) is 32.4 Å². The van der Waals surface area contributed by atoms with Crippen LogP contribution in [0.1, 0.15) is 55.4 Å². The number of carbonyl (C=O) groups is 1. The molecule has 8 heteroatoms. The van der Waals surface area contributed by atoms with Gasteiger partial charge in [0.05, 0.1) is 16.3 Å². The molecule has 2 heterocycles. The topological polar surface area (TPSA) is 37.6 Å². The molecule has 25 heavy (non-hydrogen) atoms. The van der Waals surface area contributed by atoms with Gasteiger partial charge in [-0.3, -0.25) is 9.20 Å². The molecule has 0 fully saturated rings. The summed E-state index contributed by atoms with van der Waals surface area (Å²) in [5.74, 6) is -0.316. The summed E-state index contributed by atoms with van der Waals surface area (Å²) >= 11 is 6.01. The van der Waals surface area contributed by atoms with Crippen molar-refractivity contribution in [1.82, 2.24) is 14.3 Å². The van der Waals surface area contributed by atoms with Crippen LogP contribution in [-0.4, -0.2) is 33.3 Å². The van der Waals surface area contributed by atoms with Crippen molar-refractivity contribution in [2.24, 2.45) is 0 Å². The Kier molecular flexibility index (Phi) is 5.98. The second kappa shape index (κ2) is 7.64. The van der Waals surface area contributed by atoms with Crippen molar-refractivity contribution in [1.29, 1.82) is 0 Å². The molecule has 0 radical (unpaired) electrons. The highest BCUT2D eigenvalue weighted by Crippen LogP contribution is 2.33. The van der Waals surface area contributed by atoms with E-state index in [9.17, 15) is 18.0 Å². The molecule has 0 aliphatic rings. The zero-order chi connectivity index (χ0) is 18.8. The first-order chi connectivity index (χ1) is 11.7. The zero-order valence-electron chi connectivity index (χ0n) is 14.5. The molecule has 138 valence electrons. The Hall–Kier alpha value is -1.76. The predicted octanol–water partition coefficient (Wildman–Crippen LogP) is 4.83. The standard InChI is InChI=1S/C17H21ClF3N3O/c1-4-7-23(8-5-2)16(25)14-13(6-3)22-15-12(18)9-11(10-24(14)15)17(19,20)21/h9-10H,4-8H2,1-3H3. The van der Waals surface area contributed by atoms with Gasteiger partial charge in [0, 0.05) is 19.3 Å². The molecule has 0 bridgehead atoms. The lowest BCUT2D eigenvalue weighted by Gasteiger charge is -2.22. The average molecular weight is 376 g/mol. The van der Waals surface area contributed by atoms with Gasteiger partial charge in [-0.15, -0.1) is 0 Å². The van der Waals surface area contributed by atoms with E-state index in [-0.39, 0.29) is 22.3 Å². The summed E-state index contributed by atoms with van der Waals surface area (Å²) in [6.45, 7) is 6.78. The Morgan fingerprint density at radius 1 is 1.24 bits per heavy atom. The molecule has 0 aliphatic heterocycles. The van der Waals surface area contributed by atoms with E-state index in [0.29, 0.717) is 25.2 Å². The number of halogens is 4. The van der Waals surface area contributed by atoms with Gasteiger partial charge in [-0.25, -0.2) is 4.98 Å². The second-order valence-electron chi connectivity index (χ2n) is 5.82. The molecule has 2 aromatic heterocycles. The first kappa shape index (κ1) is 19.6. The number of amides is 1. The number of alkyl halides is 3. The number of hydrogen-bond acceptors (Lipinski definition) is 2. The maximum Gasteiger partial charge on any atom is 0.417 e. The van der Waals surface area contributed by atoms with Gasteiger partial charge in [0.1, 0.15) is 5.69 Å². The van der Waals surface area contributed by atoms with Crippen LogP contribution in [0.2, 0.25) is 5.02 Å². The molecule has 0 aromatic carbocycles. The molecule has 0 spiro atoms. The highest BCUT2D eigenvalue weighted by Gasteiger charge is 2.33. The normalized spacial score (nSPS) is 12.0. The summed E-state index contributed by atoms with van der Waals surface area (Å²) in [7, 11) is 0. The van der Waals surface area contributed by atoms with E-state index in [0.717, 1.165) is 25.1 Å². The van der Waals surface area contributed by atoms with Crippen molar-refractivity contribution in [3.8, 4) is 0 Å². The fourth-order valence-electron chi connectivity index (χ4n) is 2.78. The third-order valence-electron chi connectivity index (χ3n) is 3.89. The van der Waals surface area contributed by atoms with Gasteiger partial charge in [0.25, 0.3) is 5.91 Å². The summed E-state index contributed by atoms with van der Waals surface area (Å²) in [5, 5.41) is -0.124. The smallest absolute Gasteiger partial charge is 0.337 e. The fraction of sp³-hybridized carbons (Fsp3) is 0.529. The van der Waals surface area contributed by atoms with E-state index in [1.165, 1.54) is 4.40 Å². The van der Waals surface area contributed by atoms with Crippen molar-refractivity contribution in [2.75, 3.05) is 13.1 Å². The SMILES string of the molecule is CCCN(CCC)C(=O)c1c(CC)nc2c(Cl)cc(C(F)(F)F)cn12. The molecule has 1 amide bonds. The third-order valence-corrected chi connectivity index (χ3v) is 4.16. The van der Waals surface area contributed by atoms with Crippen LogP contribution in [-0.2, 0) is 12.6 Å². The van der Waals surface area contributed by atoms with E-state index in [1.54, 1.807) is 11.8 Å². The Morgan fingerprint density at radius 3 is 2.32 bits per heavy atom. The molecule has 0 saturated heterocycles. The number of imidazole rings is 1. The number of pyridine rings is 1. The highest BCUT2D eigenvalue weighted by atomic mass is 35.5. The first-order valence-electron chi connectivity index (χ1n) is 8.31. The number of aromatic nitrogens is 2. The van der Waals surface area contributed by atoms with E-state index in [2.05, 4.69) is 4.98 Å². The largest absolute Gasteiger partial charge is 0.417 e. The molecule has 2 rings (SSSR count). The van der Waals surface area contributed by atoms with Gasteiger partial charge >= 0.3 is 6.18 Å². The number of nitrogens with zero attached hydrogens (tertiary/aromatic N) is 3. The molecule has 0 atom stereocenters. The minimum atomic E-state index is -4.55. The number of hydrogen-bond donors (Lipinski definition) is 0. The summed E-state index contributed by atoms with van der Waals surface area (Å²) in [5.41, 5.74) is -0.129. The number of fused-ring (bicyclic) bond motifs is 1. The maximum atomic E-state index is 13.1. The average Bonchev–Trinajstić information content (AvgIpc) is 2.92. The minimum Gasteiger partial charge on any atom is -0.337 e. The molecular formula is C17H21ClF3N3O. The Bertz CT molecular complexity index is 765. The van der Waals surface area contributed by atoms with Gasteiger partial charge in [0.15, 0.2) is 5.65 Å². The van der Waals surface area contributed by atoms with Crippen molar-refractivity contribution in [2.45, 2.75) is 46.2 Å². The van der Waals surface area contributed by atoms with Crippen molar-refractivity contribution in [3.05, 3.63) is 34.2 Å². The van der Waals surface area contributed by atoms with Crippen LogP contribution < -0.4 is 0 Å². The second-order valence-corrected chi connectivity index (χ2v) is 6.23. The molecule has 0 saturated carbocycles. The van der Waals surface area contributed by atoms with Gasteiger partial charge in [-0.2, -0.15) is 13.2 Å². The molecule has 0 N–H and O–H groups in total. The summed E-state index contributed by atoms with van der Waals surface area (Å²) in [6, 6.07) is 0.841. The van der Waals surface area contributed by atoms with Crippen LogP contribution >= 0.6 is 11.6 Å². The lowest BCUT2D eigenvalue weighted by molar-refractivity contribution is -0.137. The Balaban J connectivity index is 2.68. The summed E-state index contributed by atoms with van der Waals surface area (Å²) in [4.78, 5) is 18.9. The zero-order valence-corrected chi connectivity index (χ0v) is 15.2. The van der Waals surface area contributed by atoms with Gasteiger partial charge in [-0.05, 0) is 25.3 Å². The summed E-state index contributed by atoms with van der Waals surface area (Å²) < 4.78 is 40.6. The number of carbonyl (C=O) groups excluding carboxylic acids is 1. The monoisotopic (exact) mass is 375 g/mol. The first-order valence-corrected chi connectivity index (χ1v) is 8.69. The number of aryl methyl sites for hydroxylation is 1. The fourth-order valence-corrected chi connectivity index (χ4v) is 3.03. The van der Waals surface area contributed by atoms with Crippen LogP contribution in [0.15, 0.2) is 12.3 Å². The highest BCUT2D eigenvalue weighted by molar-refractivity contribution is 6.33. The number of rotatable bonds is 6. The van der Waals surface area contributed by atoms with Crippen molar-refractivity contribution >= 4 is 23.2 Å². The van der Waals surface area contributed by atoms with E-state index < -0.39 is 11.7 Å². The maximum absolute atomic E-state index is 13.1. The Morgan fingerprint density at radius 2 is 1.84 bits per heavy atom. The van der Waals surface area contributed by atoms with Gasteiger partial charge < -0.3 is 4.90 Å². The van der Waals surface area contributed by atoms with E-state index >= 15 is 0 Å². The van der Waals surface area contributed by atoms with Crippen molar-refractivity contribution in [3.63, 3.8) is 0 Å². The van der Waals surface area contributed by atoms with Crippen LogP contribution in [0.25, 0.3) is 5.65 Å². The Labute approximate surface area is 149 Å². The lowest BCUT2D eigenvalue weighted by atomic mass is 10.2. The quantitative estimate of drug-likeness (QED) is 0.725. The molecule has 2 aromatic rings. The molecular weight excluding hydrogens is 355 g/mol. The third kappa shape index (κ3) is 3.92. The minimum absolute atomic E-state index is 0.124. The van der Waals surface area contributed by atoms with Crippen LogP contribution in [0.3, 0.4) is 0 Å². The van der Waals surface area contributed by atoms with E-state index in [1.807, 2.05) is 13.8 Å². The molecule has 0 aliphatic carbocycles. The van der Waals surface area contributed by atoms with Crippen molar-refractivity contribution < 1.29 is 18.0 Å². The molecule has 0 unspecified atom stereocenters. The lowest BCUT2D eigenvalue weighted by Crippen LogP contribution is -2.34.